The first-order valence-corrected chi connectivity index (χ1v) is 5.63. The van der Waals surface area contributed by atoms with E-state index in [1.54, 1.807) is 0 Å². The number of carboxylic acid groups (broad SMARTS) is 1. The number of nitrogens with two attached hydrogens (primary N) is 1. The van der Waals surface area contributed by atoms with Crippen LogP contribution in [0.4, 0.5) is 0 Å². The molecule has 0 aliphatic heterocycles. The molecule has 14 heavy (non-hydrogen) atoms. The fraction of sp³-hybridized carbons (Fsp3) is 0.909. The lowest BCUT2D eigenvalue weighted by Gasteiger charge is -2.31. The first kappa shape index (κ1) is 11.5. The zero-order valence-corrected chi connectivity index (χ0v) is 8.96. The maximum atomic E-state index is 11.2. The van der Waals surface area contributed by atoms with Crippen molar-refractivity contribution in [3.05, 3.63) is 0 Å². The third-order valence-electron chi connectivity index (χ3n) is 3.43. The van der Waals surface area contributed by atoms with Gasteiger partial charge in [0, 0.05) is 0 Å². The molecular weight excluding hydrogens is 178 g/mol. The second-order valence-corrected chi connectivity index (χ2v) is 4.43. The van der Waals surface area contributed by atoms with E-state index in [1.165, 1.54) is 0 Å². The number of carboxylic acids is 1. The molecule has 0 radical (unpaired) electrons. The quantitative estimate of drug-likeness (QED) is 0.713. The van der Waals surface area contributed by atoms with E-state index in [9.17, 15) is 9.90 Å². The Labute approximate surface area is 85.7 Å². The van der Waals surface area contributed by atoms with Crippen LogP contribution in [0.3, 0.4) is 0 Å². The van der Waals surface area contributed by atoms with Gasteiger partial charge in [0.15, 0.2) is 0 Å². The van der Waals surface area contributed by atoms with Crippen LogP contribution in [-0.4, -0.2) is 16.6 Å². The summed E-state index contributed by atoms with van der Waals surface area (Å²) in [5, 5.41) is 9.19. The third-order valence-corrected chi connectivity index (χ3v) is 3.43. The second kappa shape index (κ2) is 4.78. The van der Waals surface area contributed by atoms with E-state index in [2.05, 4.69) is 6.92 Å². The molecule has 1 aliphatic rings. The summed E-state index contributed by atoms with van der Waals surface area (Å²) in [7, 11) is 0. The SMILES string of the molecule is CCCC[C@@](N)(C(=O)O)C1CCCC1. The van der Waals surface area contributed by atoms with Crippen molar-refractivity contribution in [3.63, 3.8) is 0 Å². The average Bonchev–Trinajstić information content (AvgIpc) is 2.66. The van der Waals surface area contributed by atoms with Crippen LogP contribution >= 0.6 is 0 Å². The summed E-state index contributed by atoms with van der Waals surface area (Å²) in [4.78, 5) is 11.2. The van der Waals surface area contributed by atoms with E-state index in [-0.39, 0.29) is 5.92 Å². The largest absolute Gasteiger partial charge is 0.480 e. The van der Waals surface area contributed by atoms with Crippen LogP contribution in [0.5, 0.6) is 0 Å². The van der Waals surface area contributed by atoms with Crippen molar-refractivity contribution in [1.29, 1.82) is 0 Å². The molecule has 0 aromatic carbocycles. The van der Waals surface area contributed by atoms with Crippen LogP contribution in [0, 0.1) is 5.92 Å². The zero-order chi connectivity index (χ0) is 10.6. The number of hydrogen-bond donors (Lipinski definition) is 2. The highest BCUT2D eigenvalue weighted by molar-refractivity contribution is 5.79. The van der Waals surface area contributed by atoms with E-state index in [0.29, 0.717) is 6.42 Å². The zero-order valence-electron chi connectivity index (χ0n) is 8.96. The van der Waals surface area contributed by atoms with Gasteiger partial charge in [-0.1, -0.05) is 32.6 Å². The van der Waals surface area contributed by atoms with Gasteiger partial charge in [0.2, 0.25) is 0 Å². The molecule has 1 saturated carbocycles. The molecule has 1 fully saturated rings. The molecule has 0 saturated heterocycles. The van der Waals surface area contributed by atoms with E-state index < -0.39 is 11.5 Å². The van der Waals surface area contributed by atoms with Crippen molar-refractivity contribution < 1.29 is 9.90 Å². The minimum atomic E-state index is -0.952. The van der Waals surface area contributed by atoms with Crippen LogP contribution in [0.2, 0.25) is 0 Å². The third kappa shape index (κ3) is 2.27. The molecule has 3 heteroatoms. The molecule has 0 heterocycles. The fourth-order valence-corrected chi connectivity index (χ4v) is 2.40. The molecule has 3 nitrogen and oxygen atoms in total. The standard InChI is InChI=1S/C11H21NO2/c1-2-3-8-11(12,10(13)14)9-6-4-5-7-9/h9H,2-8,12H2,1H3,(H,13,14)/t11-/m0/s1. The van der Waals surface area contributed by atoms with Crippen LogP contribution in [0.25, 0.3) is 0 Å². The van der Waals surface area contributed by atoms with E-state index in [4.69, 9.17) is 5.73 Å². The summed E-state index contributed by atoms with van der Waals surface area (Å²) >= 11 is 0. The van der Waals surface area contributed by atoms with Crippen LogP contribution < -0.4 is 5.73 Å². The van der Waals surface area contributed by atoms with Crippen molar-refractivity contribution in [2.24, 2.45) is 11.7 Å². The Bertz CT molecular complexity index is 199. The lowest BCUT2D eigenvalue weighted by molar-refractivity contribution is -0.146. The predicted octanol–water partition coefficient (Wildman–Crippen LogP) is 2.15. The highest BCUT2D eigenvalue weighted by Gasteiger charge is 2.42. The molecule has 0 bridgehead atoms. The second-order valence-electron chi connectivity index (χ2n) is 4.43. The molecule has 1 rings (SSSR count). The fourth-order valence-electron chi connectivity index (χ4n) is 2.40. The smallest absolute Gasteiger partial charge is 0.323 e. The summed E-state index contributed by atoms with van der Waals surface area (Å²) < 4.78 is 0. The van der Waals surface area contributed by atoms with Crippen molar-refractivity contribution >= 4 is 5.97 Å². The van der Waals surface area contributed by atoms with Gasteiger partial charge < -0.3 is 10.8 Å². The van der Waals surface area contributed by atoms with Gasteiger partial charge in [-0.3, -0.25) is 4.79 Å². The maximum Gasteiger partial charge on any atom is 0.323 e. The molecule has 0 aromatic rings. The molecule has 0 spiro atoms. The Hall–Kier alpha value is -0.570. The molecule has 0 amide bonds. The number of carbonyl (C=O) groups is 1. The van der Waals surface area contributed by atoms with Crippen molar-refractivity contribution in [2.75, 3.05) is 0 Å². The van der Waals surface area contributed by atoms with E-state index >= 15 is 0 Å². The summed E-state index contributed by atoms with van der Waals surface area (Å²) in [5.41, 5.74) is 5.08. The Balaban J connectivity index is 2.64. The van der Waals surface area contributed by atoms with Crippen LogP contribution in [-0.2, 0) is 4.79 Å². The van der Waals surface area contributed by atoms with Gasteiger partial charge >= 0.3 is 5.97 Å². The molecule has 1 atom stereocenters. The Morgan fingerprint density at radius 1 is 1.50 bits per heavy atom. The Morgan fingerprint density at radius 2 is 2.07 bits per heavy atom. The monoisotopic (exact) mass is 199 g/mol. The first-order valence-electron chi connectivity index (χ1n) is 5.63. The summed E-state index contributed by atoms with van der Waals surface area (Å²) in [6, 6.07) is 0. The molecule has 82 valence electrons. The van der Waals surface area contributed by atoms with E-state index in [1.807, 2.05) is 0 Å². The summed E-state index contributed by atoms with van der Waals surface area (Å²) in [6.45, 7) is 2.07. The van der Waals surface area contributed by atoms with Crippen molar-refractivity contribution in [2.45, 2.75) is 57.4 Å². The lowest BCUT2D eigenvalue weighted by atomic mass is 9.79. The van der Waals surface area contributed by atoms with Crippen molar-refractivity contribution in [3.8, 4) is 0 Å². The first-order chi connectivity index (χ1) is 6.61. The number of unbranched alkanes of at least 4 members (excludes halogenated alkanes) is 1. The summed E-state index contributed by atoms with van der Waals surface area (Å²) in [6.07, 6.45) is 6.83. The van der Waals surface area contributed by atoms with E-state index in [0.717, 1.165) is 38.5 Å². The maximum absolute atomic E-state index is 11.2. The van der Waals surface area contributed by atoms with Crippen LogP contribution in [0.1, 0.15) is 51.9 Å². The molecule has 0 aromatic heterocycles. The van der Waals surface area contributed by atoms with Gasteiger partial charge in [0.05, 0.1) is 0 Å². The molecule has 3 N–H and O–H groups in total. The van der Waals surface area contributed by atoms with Gasteiger partial charge in [0.1, 0.15) is 5.54 Å². The molecule has 1 aliphatic carbocycles. The molecule has 0 unspecified atom stereocenters. The van der Waals surface area contributed by atoms with Gasteiger partial charge in [-0.2, -0.15) is 0 Å². The average molecular weight is 199 g/mol. The number of rotatable bonds is 5. The van der Waals surface area contributed by atoms with Crippen molar-refractivity contribution in [1.82, 2.24) is 0 Å². The number of hydrogen-bond acceptors (Lipinski definition) is 2. The minimum absolute atomic E-state index is 0.201. The van der Waals surface area contributed by atoms with Crippen LogP contribution in [0.15, 0.2) is 0 Å². The lowest BCUT2D eigenvalue weighted by Crippen LogP contribution is -2.53. The highest BCUT2D eigenvalue weighted by Crippen LogP contribution is 2.35. The summed E-state index contributed by atoms with van der Waals surface area (Å²) in [5.74, 6) is -0.607. The minimum Gasteiger partial charge on any atom is -0.480 e. The Kier molecular flexibility index (Phi) is 3.93. The number of aliphatic carboxylic acids is 1. The Morgan fingerprint density at radius 3 is 2.50 bits per heavy atom. The van der Waals surface area contributed by atoms with Gasteiger partial charge in [-0.05, 0) is 25.2 Å². The van der Waals surface area contributed by atoms with Gasteiger partial charge in [0.25, 0.3) is 0 Å². The normalized spacial score (nSPS) is 22.1. The highest BCUT2D eigenvalue weighted by atomic mass is 16.4. The molecular formula is C11H21NO2. The topological polar surface area (TPSA) is 63.3 Å². The van der Waals surface area contributed by atoms with Gasteiger partial charge in [-0.15, -0.1) is 0 Å². The van der Waals surface area contributed by atoms with Gasteiger partial charge in [-0.25, -0.2) is 0 Å². The predicted molar refractivity (Wildman–Crippen MR) is 56.0 cm³/mol.